The standard InChI is InChI=1S/C16H21N3O/c1-12-17-14-8-7-13(11-15(14)18-12)16(20)19-9-5-3-2-4-6-10-19/h7-8,11H,2-6,9-10H2,1H3,(H,17,18). The molecule has 1 aromatic heterocycles. The zero-order chi connectivity index (χ0) is 13.9. The molecule has 1 saturated heterocycles. The number of hydrogen-bond acceptors (Lipinski definition) is 2. The van der Waals surface area contributed by atoms with Gasteiger partial charge in [-0.1, -0.05) is 19.3 Å². The van der Waals surface area contributed by atoms with Gasteiger partial charge in [0, 0.05) is 18.7 Å². The number of nitrogens with zero attached hydrogens (tertiary/aromatic N) is 2. The molecule has 1 N–H and O–H groups in total. The lowest BCUT2D eigenvalue weighted by atomic mass is 10.1. The summed E-state index contributed by atoms with van der Waals surface area (Å²) in [5.41, 5.74) is 2.63. The maximum atomic E-state index is 12.6. The van der Waals surface area contributed by atoms with Crippen LogP contribution < -0.4 is 0 Å². The van der Waals surface area contributed by atoms with Crippen molar-refractivity contribution in [1.29, 1.82) is 0 Å². The summed E-state index contributed by atoms with van der Waals surface area (Å²) in [5.74, 6) is 1.04. The number of rotatable bonds is 1. The maximum Gasteiger partial charge on any atom is 0.253 e. The van der Waals surface area contributed by atoms with Crippen molar-refractivity contribution in [3.8, 4) is 0 Å². The van der Waals surface area contributed by atoms with Gasteiger partial charge in [-0.25, -0.2) is 4.98 Å². The zero-order valence-corrected chi connectivity index (χ0v) is 12.0. The second-order valence-electron chi connectivity index (χ2n) is 5.61. The Morgan fingerprint density at radius 1 is 1.15 bits per heavy atom. The van der Waals surface area contributed by atoms with E-state index in [4.69, 9.17) is 0 Å². The predicted octanol–water partition coefficient (Wildman–Crippen LogP) is 3.28. The van der Waals surface area contributed by atoms with Crippen molar-refractivity contribution in [2.75, 3.05) is 13.1 Å². The van der Waals surface area contributed by atoms with Crippen LogP contribution in [0.25, 0.3) is 11.0 Å². The minimum Gasteiger partial charge on any atom is -0.342 e. The Kier molecular flexibility index (Phi) is 3.72. The summed E-state index contributed by atoms with van der Waals surface area (Å²) >= 11 is 0. The second-order valence-corrected chi connectivity index (χ2v) is 5.61. The van der Waals surface area contributed by atoms with Gasteiger partial charge in [0.25, 0.3) is 5.91 Å². The minimum absolute atomic E-state index is 0.154. The lowest BCUT2D eigenvalue weighted by Crippen LogP contribution is -2.33. The monoisotopic (exact) mass is 271 g/mol. The molecule has 1 amide bonds. The molecule has 3 rings (SSSR count). The van der Waals surface area contributed by atoms with E-state index in [1.165, 1.54) is 19.3 Å². The first kappa shape index (κ1) is 13.2. The molecule has 1 fully saturated rings. The molecule has 1 aromatic carbocycles. The average molecular weight is 271 g/mol. The van der Waals surface area contributed by atoms with Crippen LogP contribution in [0.15, 0.2) is 18.2 Å². The Labute approximate surface area is 119 Å². The molecule has 2 aromatic rings. The van der Waals surface area contributed by atoms with Crippen LogP contribution in [0.4, 0.5) is 0 Å². The third kappa shape index (κ3) is 2.69. The Morgan fingerprint density at radius 3 is 2.60 bits per heavy atom. The van der Waals surface area contributed by atoms with E-state index in [0.717, 1.165) is 48.4 Å². The number of hydrogen-bond donors (Lipinski definition) is 1. The van der Waals surface area contributed by atoms with Gasteiger partial charge in [0.1, 0.15) is 5.82 Å². The third-order valence-corrected chi connectivity index (χ3v) is 3.99. The number of nitrogens with one attached hydrogen (secondary N) is 1. The molecule has 4 heteroatoms. The molecule has 0 saturated carbocycles. The van der Waals surface area contributed by atoms with Crippen molar-refractivity contribution in [2.45, 2.75) is 39.0 Å². The summed E-state index contributed by atoms with van der Waals surface area (Å²) in [6.07, 6.45) is 6.03. The van der Waals surface area contributed by atoms with Crippen molar-refractivity contribution < 1.29 is 4.79 Å². The highest BCUT2D eigenvalue weighted by Gasteiger charge is 2.17. The minimum atomic E-state index is 0.154. The molecular formula is C16H21N3O. The van der Waals surface area contributed by atoms with E-state index in [9.17, 15) is 4.79 Å². The number of aromatic nitrogens is 2. The zero-order valence-electron chi connectivity index (χ0n) is 12.0. The summed E-state index contributed by atoms with van der Waals surface area (Å²) in [4.78, 5) is 22.2. The summed E-state index contributed by atoms with van der Waals surface area (Å²) in [5, 5.41) is 0. The number of benzene rings is 1. The van der Waals surface area contributed by atoms with E-state index >= 15 is 0 Å². The lowest BCUT2D eigenvalue weighted by molar-refractivity contribution is 0.0742. The molecule has 2 heterocycles. The maximum absolute atomic E-state index is 12.6. The van der Waals surface area contributed by atoms with E-state index in [1.807, 2.05) is 30.0 Å². The lowest BCUT2D eigenvalue weighted by Gasteiger charge is -2.24. The molecular weight excluding hydrogens is 250 g/mol. The van der Waals surface area contributed by atoms with E-state index in [-0.39, 0.29) is 5.91 Å². The van der Waals surface area contributed by atoms with Crippen molar-refractivity contribution in [2.24, 2.45) is 0 Å². The topological polar surface area (TPSA) is 49.0 Å². The van der Waals surface area contributed by atoms with Gasteiger partial charge < -0.3 is 9.88 Å². The molecule has 0 bridgehead atoms. The molecule has 106 valence electrons. The van der Waals surface area contributed by atoms with Crippen LogP contribution in [0, 0.1) is 6.92 Å². The Bertz CT molecular complexity index is 609. The second kappa shape index (κ2) is 5.65. The fraction of sp³-hybridized carbons (Fsp3) is 0.500. The number of carbonyl (C=O) groups excluding carboxylic acids is 1. The Hall–Kier alpha value is -1.84. The molecule has 1 aliphatic heterocycles. The van der Waals surface area contributed by atoms with Gasteiger partial charge in [-0.05, 0) is 38.0 Å². The molecule has 0 aliphatic carbocycles. The summed E-state index contributed by atoms with van der Waals surface area (Å²) in [6, 6.07) is 5.75. The summed E-state index contributed by atoms with van der Waals surface area (Å²) < 4.78 is 0. The third-order valence-electron chi connectivity index (χ3n) is 3.99. The summed E-state index contributed by atoms with van der Waals surface area (Å²) in [6.45, 7) is 3.71. The molecule has 0 spiro atoms. The van der Waals surface area contributed by atoms with E-state index in [0.29, 0.717) is 0 Å². The summed E-state index contributed by atoms with van der Waals surface area (Å²) in [7, 11) is 0. The van der Waals surface area contributed by atoms with E-state index < -0.39 is 0 Å². The normalized spacial score (nSPS) is 16.9. The van der Waals surface area contributed by atoms with Crippen LogP contribution in [-0.4, -0.2) is 33.9 Å². The van der Waals surface area contributed by atoms with Gasteiger partial charge in [-0.3, -0.25) is 4.79 Å². The highest BCUT2D eigenvalue weighted by atomic mass is 16.2. The fourth-order valence-corrected chi connectivity index (χ4v) is 2.90. The quantitative estimate of drug-likeness (QED) is 0.865. The first-order chi connectivity index (χ1) is 9.74. The number of carbonyl (C=O) groups is 1. The molecule has 1 aliphatic rings. The van der Waals surface area contributed by atoms with E-state index in [2.05, 4.69) is 9.97 Å². The highest BCUT2D eigenvalue weighted by Crippen LogP contribution is 2.17. The number of fused-ring (bicyclic) bond motifs is 1. The Balaban J connectivity index is 1.82. The first-order valence-corrected chi connectivity index (χ1v) is 7.50. The number of aromatic amines is 1. The molecule has 20 heavy (non-hydrogen) atoms. The number of imidazole rings is 1. The number of amides is 1. The van der Waals surface area contributed by atoms with Gasteiger partial charge in [-0.15, -0.1) is 0 Å². The van der Waals surface area contributed by atoms with Crippen LogP contribution in [0.5, 0.6) is 0 Å². The number of likely N-dealkylation sites (tertiary alicyclic amines) is 1. The van der Waals surface area contributed by atoms with Crippen molar-refractivity contribution in [3.05, 3.63) is 29.6 Å². The van der Waals surface area contributed by atoms with Crippen LogP contribution in [-0.2, 0) is 0 Å². The fourth-order valence-electron chi connectivity index (χ4n) is 2.90. The molecule has 0 unspecified atom stereocenters. The van der Waals surface area contributed by atoms with Crippen LogP contribution in [0.3, 0.4) is 0 Å². The van der Waals surface area contributed by atoms with Crippen molar-refractivity contribution in [1.82, 2.24) is 14.9 Å². The first-order valence-electron chi connectivity index (χ1n) is 7.50. The van der Waals surface area contributed by atoms with Gasteiger partial charge in [-0.2, -0.15) is 0 Å². The molecule has 0 atom stereocenters. The number of H-pyrrole nitrogens is 1. The van der Waals surface area contributed by atoms with Crippen LogP contribution in [0.1, 0.15) is 48.3 Å². The highest BCUT2D eigenvalue weighted by molar-refractivity contribution is 5.97. The predicted molar refractivity (Wildman–Crippen MR) is 79.8 cm³/mol. The number of aryl methyl sites for hydroxylation is 1. The average Bonchev–Trinajstić information content (AvgIpc) is 2.76. The Morgan fingerprint density at radius 2 is 1.85 bits per heavy atom. The van der Waals surface area contributed by atoms with Crippen LogP contribution in [0.2, 0.25) is 0 Å². The van der Waals surface area contributed by atoms with E-state index in [1.54, 1.807) is 0 Å². The van der Waals surface area contributed by atoms with Gasteiger partial charge in [0.05, 0.1) is 11.0 Å². The van der Waals surface area contributed by atoms with Crippen molar-refractivity contribution in [3.63, 3.8) is 0 Å². The van der Waals surface area contributed by atoms with Gasteiger partial charge in [0.2, 0.25) is 0 Å². The smallest absolute Gasteiger partial charge is 0.253 e. The van der Waals surface area contributed by atoms with Gasteiger partial charge >= 0.3 is 0 Å². The molecule has 0 radical (unpaired) electrons. The SMILES string of the molecule is Cc1nc2ccc(C(=O)N3CCCCCCC3)cc2[nH]1. The van der Waals surface area contributed by atoms with Gasteiger partial charge in [0.15, 0.2) is 0 Å². The van der Waals surface area contributed by atoms with Crippen LogP contribution >= 0.6 is 0 Å². The molecule has 4 nitrogen and oxygen atoms in total. The van der Waals surface area contributed by atoms with Crippen molar-refractivity contribution >= 4 is 16.9 Å². The largest absolute Gasteiger partial charge is 0.342 e.